The number of H-pyrrole nitrogens is 1. The molecule has 2 atom stereocenters. The van der Waals surface area contributed by atoms with Crippen molar-refractivity contribution in [1.29, 1.82) is 0 Å². The van der Waals surface area contributed by atoms with Gasteiger partial charge in [0.05, 0.1) is 0 Å². The van der Waals surface area contributed by atoms with Gasteiger partial charge in [0.1, 0.15) is 0 Å². The Morgan fingerprint density at radius 2 is 2.30 bits per heavy atom. The minimum atomic E-state index is 0.383. The summed E-state index contributed by atoms with van der Waals surface area (Å²) in [6.45, 7) is 5.49. The van der Waals surface area contributed by atoms with Crippen molar-refractivity contribution in [1.82, 2.24) is 9.88 Å². The van der Waals surface area contributed by atoms with E-state index in [-0.39, 0.29) is 0 Å². The fourth-order valence-corrected chi connectivity index (χ4v) is 3.58. The molecule has 3 nitrogen and oxygen atoms in total. The zero-order valence-corrected chi connectivity index (χ0v) is 13.5. The third-order valence-electron chi connectivity index (χ3n) is 4.52. The van der Waals surface area contributed by atoms with Crippen LogP contribution in [-0.2, 0) is 6.54 Å². The molecule has 2 unspecified atom stereocenters. The second-order valence-corrected chi connectivity index (χ2v) is 6.78. The Labute approximate surface area is 128 Å². The Kier molecular flexibility index (Phi) is 4.15. The highest BCUT2D eigenvalue weighted by atomic mass is 79.9. The highest BCUT2D eigenvalue weighted by molar-refractivity contribution is 9.10. The number of aromatic nitrogens is 1. The van der Waals surface area contributed by atoms with Gasteiger partial charge in [-0.3, -0.25) is 4.90 Å². The molecule has 1 aliphatic rings. The molecule has 2 aromatic rings. The van der Waals surface area contributed by atoms with Crippen LogP contribution in [0.5, 0.6) is 0 Å². The van der Waals surface area contributed by atoms with Gasteiger partial charge >= 0.3 is 0 Å². The number of nitrogens with one attached hydrogen (secondary N) is 1. The number of hydrogen-bond donors (Lipinski definition) is 2. The summed E-state index contributed by atoms with van der Waals surface area (Å²) >= 11 is 3.56. The molecule has 0 saturated carbocycles. The lowest BCUT2D eigenvalue weighted by molar-refractivity contribution is 0.146. The van der Waals surface area contributed by atoms with E-state index in [1.54, 1.807) is 0 Å². The first-order chi connectivity index (χ1) is 9.67. The molecular formula is C16H22BrN3. The number of hydrogen-bond acceptors (Lipinski definition) is 2. The van der Waals surface area contributed by atoms with Crippen LogP contribution in [0.15, 0.2) is 28.9 Å². The number of fused-ring (bicyclic) bond motifs is 1. The van der Waals surface area contributed by atoms with Gasteiger partial charge in [-0.15, -0.1) is 0 Å². The van der Waals surface area contributed by atoms with E-state index in [4.69, 9.17) is 5.73 Å². The van der Waals surface area contributed by atoms with E-state index in [0.29, 0.717) is 12.0 Å². The fraction of sp³-hybridized carbons (Fsp3) is 0.500. The first-order valence-electron chi connectivity index (χ1n) is 7.41. The second-order valence-electron chi connectivity index (χ2n) is 5.86. The number of likely N-dealkylation sites (tertiary alicyclic amines) is 1. The van der Waals surface area contributed by atoms with E-state index in [2.05, 4.69) is 57.1 Å². The van der Waals surface area contributed by atoms with Crippen molar-refractivity contribution in [3.05, 3.63) is 34.4 Å². The molecule has 2 heterocycles. The van der Waals surface area contributed by atoms with Gasteiger partial charge in [0.2, 0.25) is 0 Å². The van der Waals surface area contributed by atoms with Crippen molar-refractivity contribution in [3.63, 3.8) is 0 Å². The monoisotopic (exact) mass is 335 g/mol. The number of nitrogens with two attached hydrogens (primary N) is 1. The Hall–Kier alpha value is -0.840. The first kappa shape index (κ1) is 14.1. The summed E-state index contributed by atoms with van der Waals surface area (Å²) in [6.07, 6.45) is 4.44. The van der Waals surface area contributed by atoms with Crippen molar-refractivity contribution in [2.45, 2.75) is 32.4 Å². The molecule has 1 fully saturated rings. The highest BCUT2D eigenvalue weighted by Gasteiger charge is 2.25. The van der Waals surface area contributed by atoms with E-state index in [9.17, 15) is 0 Å². The largest absolute Gasteiger partial charge is 0.361 e. The predicted octanol–water partition coefficient (Wildman–Crippen LogP) is 3.49. The topological polar surface area (TPSA) is 45.0 Å². The first-order valence-corrected chi connectivity index (χ1v) is 8.20. The third kappa shape index (κ3) is 2.78. The number of rotatable bonds is 3. The molecule has 1 aromatic carbocycles. The molecule has 20 heavy (non-hydrogen) atoms. The maximum Gasteiger partial charge on any atom is 0.0458 e. The van der Waals surface area contributed by atoms with Gasteiger partial charge in [-0.1, -0.05) is 29.3 Å². The number of halogens is 1. The molecule has 0 spiro atoms. The highest BCUT2D eigenvalue weighted by Crippen LogP contribution is 2.26. The van der Waals surface area contributed by atoms with Crippen molar-refractivity contribution in [2.75, 3.05) is 13.1 Å². The zero-order valence-electron chi connectivity index (χ0n) is 11.9. The van der Waals surface area contributed by atoms with Gasteiger partial charge in [-0.2, -0.15) is 0 Å². The van der Waals surface area contributed by atoms with Crippen LogP contribution in [0.2, 0.25) is 0 Å². The average Bonchev–Trinajstić information content (AvgIpc) is 2.83. The van der Waals surface area contributed by atoms with Crippen LogP contribution in [0.1, 0.15) is 25.3 Å². The van der Waals surface area contributed by atoms with Gasteiger partial charge in [-0.05, 0) is 42.6 Å². The minimum absolute atomic E-state index is 0.383. The van der Waals surface area contributed by atoms with Gasteiger partial charge < -0.3 is 10.7 Å². The number of piperidine rings is 1. The molecule has 1 saturated heterocycles. The Bertz CT molecular complexity index is 592. The Morgan fingerprint density at radius 1 is 1.45 bits per heavy atom. The fourth-order valence-electron chi connectivity index (χ4n) is 3.22. The van der Waals surface area contributed by atoms with Crippen LogP contribution >= 0.6 is 15.9 Å². The van der Waals surface area contributed by atoms with Crippen LogP contribution in [0, 0.1) is 5.92 Å². The summed E-state index contributed by atoms with van der Waals surface area (Å²) in [5, 5.41) is 1.32. The Morgan fingerprint density at radius 3 is 3.10 bits per heavy atom. The summed E-state index contributed by atoms with van der Waals surface area (Å²) in [5.74, 6) is 0.640. The van der Waals surface area contributed by atoms with Crippen LogP contribution in [-0.4, -0.2) is 29.0 Å². The summed E-state index contributed by atoms with van der Waals surface area (Å²) < 4.78 is 1.14. The number of aromatic amines is 1. The molecule has 1 aromatic heterocycles. The van der Waals surface area contributed by atoms with Crippen molar-refractivity contribution >= 4 is 26.8 Å². The maximum absolute atomic E-state index is 6.20. The average molecular weight is 336 g/mol. The molecule has 0 aliphatic carbocycles. The molecule has 1 aliphatic heterocycles. The van der Waals surface area contributed by atoms with Gasteiger partial charge in [0.15, 0.2) is 0 Å². The van der Waals surface area contributed by atoms with Crippen molar-refractivity contribution in [3.8, 4) is 0 Å². The molecule has 3 N–H and O–H groups in total. The lowest BCUT2D eigenvalue weighted by Crippen LogP contribution is -2.46. The van der Waals surface area contributed by atoms with E-state index < -0.39 is 0 Å². The molecule has 4 heteroatoms. The van der Waals surface area contributed by atoms with Crippen LogP contribution < -0.4 is 5.73 Å². The normalized spacial score (nSPS) is 24.4. The summed E-state index contributed by atoms with van der Waals surface area (Å²) in [4.78, 5) is 5.91. The van der Waals surface area contributed by atoms with E-state index in [0.717, 1.165) is 30.5 Å². The standard InChI is InChI=1S/C16H22BrN3/c1-2-11-9-20(6-5-15(11)18)10-12-8-19-16-4-3-13(17)7-14(12)16/h3-4,7-8,11,15,19H,2,5-6,9-10,18H2,1H3. The van der Waals surface area contributed by atoms with E-state index in [1.165, 1.54) is 22.9 Å². The van der Waals surface area contributed by atoms with E-state index in [1.807, 2.05) is 0 Å². The lowest BCUT2D eigenvalue weighted by atomic mass is 9.90. The molecule has 0 radical (unpaired) electrons. The number of benzene rings is 1. The third-order valence-corrected chi connectivity index (χ3v) is 5.02. The zero-order chi connectivity index (χ0) is 14.1. The van der Waals surface area contributed by atoms with Crippen molar-refractivity contribution in [2.24, 2.45) is 11.7 Å². The van der Waals surface area contributed by atoms with Crippen LogP contribution in [0.4, 0.5) is 0 Å². The SMILES string of the molecule is CCC1CN(Cc2c[nH]c3ccc(Br)cc23)CCC1N. The summed E-state index contributed by atoms with van der Waals surface area (Å²) in [6, 6.07) is 6.79. The molecule has 3 rings (SSSR count). The van der Waals surface area contributed by atoms with Crippen LogP contribution in [0.25, 0.3) is 10.9 Å². The molecule has 0 bridgehead atoms. The summed E-state index contributed by atoms with van der Waals surface area (Å²) in [5.41, 5.74) is 8.79. The predicted molar refractivity (Wildman–Crippen MR) is 87.6 cm³/mol. The lowest BCUT2D eigenvalue weighted by Gasteiger charge is -2.36. The smallest absolute Gasteiger partial charge is 0.0458 e. The summed E-state index contributed by atoms with van der Waals surface area (Å²) in [7, 11) is 0. The van der Waals surface area contributed by atoms with E-state index >= 15 is 0 Å². The van der Waals surface area contributed by atoms with Gasteiger partial charge in [0.25, 0.3) is 0 Å². The quantitative estimate of drug-likeness (QED) is 0.901. The maximum atomic E-state index is 6.20. The molecule has 0 amide bonds. The number of nitrogens with zero attached hydrogens (tertiary/aromatic N) is 1. The van der Waals surface area contributed by atoms with Crippen molar-refractivity contribution < 1.29 is 0 Å². The Balaban J connectivity index is 1.78. The van der Waals surface area contributed by atoms with Gasteiger partial charge in [-0.25, -0.2) is 0 Å². The van der Waals surface area contributed by atoms with Gasteiger partial charge in [0, 0.05) is 40.7 Å². The minimum Gasteiger partial charge on any atom is -0.361 e. The second kappa shape index (κ2) is 5.88. The molecule has 108 valence electrons. The molecular weight excluding hydrogens is 314 g/mol. The van der Waals surface area contributed by atoms with Crippen LogP contribution in [0.3, 0.4) is 0 Å².